The van der Waals surface area contributed by atoms with Crippen molar-refractivity contribution in [2.24, 2.45) is 10.9 Å². The first kappa shape index (κ1) is 18.6. The Hall–Kier alpha value is -1.49. The van der Waals surface area contributed by atoms with E-state index in [9.17, 15) is 0 Å². The van der Waals surface area contributed by atoms with Crippen LogP contribution in [-0.2, 0) is 6.54 Å². The van der Waals surface area contributed by atoms with E-state index in [1.165, 1.54) is 12.8 Å². The standard InChI is InChI=1S/C17H32N4O/c1-6-14(7-2)16(21(4)5)13-20-17(18-8-3)19-12-15-10-9-11-22-15/h9-11,14,16H,6-8,12-13H2,1-5H3,(H2,18,19,20). The minimum Gasteiger partial charge on any atom is -0.467 e. The van der Waals surface area contributed by atoms with Crippen molar-refractivity contribution < 1.29 is 4.42 Å². The molecule has 0 saturated heterocycles. The molecule has 0 fully saturated rings. The van der Waals surface area contributed by atoms with E-state index >= 15 is 0 Å². The number of nitrogens with one attached hydrogen (secondary N) is 2. The summed E-state index contributed by atoms with van der Waals surface area (Å²) in [7, 11) is 4.30. The summed E-state index contributed by atoms with van der Waals surface area (Å²) in [6.45, 7) is 8.90. The summed E-state index contributed by atoms with van der Waals surface area (Å²) >= 11 is 0. The predicted molar refractivity (Wildman–Crippen MR) is 93.1 cm³/mol. The Labute approximate surface area is 135 Å². The average Bonchev–Trinajstić information content (AvgIpc) is 3.01. The maximum Gasteiger partial charge on any atom is 0.191 e. The predicted octanol–water partition coefficient (Wildman–Crippen LogP) is 2.70. The van der Waals surface area contributed by atoms with E-state index < -0.39 is 0 Å². The Kier molecular flexibility index (Phi) is 8.67. The number of rotatable bonds is 9. The molecule has 1 aromatic heterocycles. The van der Waals surface area contributed by atoms with Gasteiger partial charge < -0.3 is 20.0 Å². The quantitative estimate of drug-likeness (QED) is 0.544. The number of aliphatic imine (C=N–C) groups is 1. The number of nitrogens with zero attached hydrogens (tertiary/aromatic N) is 2. The van der Waals surface area contributed by atoms with Crippen LogP contribution >= 0.6 is 0 Å². The number of hydrogen-bond acceptors (Lipinski definition) is 3. The fourth-order valence-electron chi connectivity index (χ4n) is 2.71. The van der Waals surface area contributed by atoms with Crippen LogP contribution in [0.15, 0.2) is 27.8 Å². The zero-order valence-electron chi connectivity index (χ0n) is 14.7. The molecular formula is C17H32N4O. The van der Waals surface area contributed by atoms with Gasteiger partial charge in [-0.05, 0) is 39.1 Å². The molecule has 0 aliphatic rings. The van der Waals surface area contributed by atoms with Crippen LogP contribution in [0.25, 0.3) is 0 Å². The lowest BCUT2D eigenvalue weighted by atomic mass is 9.93. The van der Waals surface area contributed by atoms with Gasteiger partial charge in [-0.2, -0.15) is 0 Å². The van der Waals surface area contributed by atoms with Crippen LogP contribution < -0.4 is 10.6 Å². The lowest BCUT2D eigenvalue weighted by Crippen LogP contribution is -2.48. The van der Waals surface area contributed by atoms with Crippen molar-refractivity contribution in [3.05, 3.63) is 24.2 Å². The zero-order valence-corrected chi connectivity index (χ0v) is 14.7. The molecule has 1 heterocycles. The summed E-state index contributed by atoms with van der Waals surface area (Å²) in [5, 5.41) is 6.76. The van der Waals surface area contributed by atoms with Gasteiger partial charge in [0.15, 0.2) is 5.96 Å². The summed E-state index contributed by atoms with van der Waals surface area (Å²) in [5.41, 5.74) is 0. The lowest BCUT2D eigenvalue weighted by Gasteiger charge is -2.32. The third kappa shape index (κ3) is 6.10. The first-order valence-electron chi connectivity index (χ1n) is 8.33. The average molecular weight is 308 g/mol. The fraction of sp³-hybridized carbons (Fsp3) is 0.706. The van der Waals surface area contributed by atoms with Crippen molar-refractivity contribution >= 4 is 5.96 Å². The Morgan fingerprint density at radius 3 is 2.45 bits per heavy atom. The summed E-state index contributed by atoms with van der Waals surface area (Å²) in [6, 6.07) is 4.34. The first-order valence-corrected chi connectivity index (χ1v) is 8.33. The highest BCUT2D eigenvalue weighted by Gasteiger charge is 2.20. The third-order valence-electron chi connectivity index (χ3n) is 4.05. The minimum atomic E-state index is 0.502. The molecule has 0 aliphatic heterocycles. The van der Waals surface area contributed by atoms with Gasteiger partial charge in [0.25, 0.3) is 0 Å². The highest BCUT2D eigenvalue weighted by atomic mass is 16.3. The largest absolute Gasteiger partial charge is 0.467 e. The number of furan rings is 1. The molecule has 22 heavy (non-hydrogen) atoms. The monoisotopic (exact) mass is 308 g/mol. The molecule has 1 rings (SSSR count). The van der Waals surface area contributed by atoms with E-state index in [4.69, 9.17) is 4.42 Å². The second kappa shape index (κ2) is 10.3. The second-order valence-electron chi connectivity index (χ2n) is 5.76. The summed E-state index contributed by atoms with van der Waals surface area (Å²) in [5.74, 6) is 2.41. The first-order chi connectivity index (χ1) is 10.6. The molecule has 5 nitrogen and oxygen atoms in total. The normalized spacial score (nSPS) is 13.7. The molecule has 5 heteroatoms. The van der Waals surface area contributed by atoms with E-state index in [1.807, 2.05) is 12.1 Å². The maximum atomic E-state index is 5.33. The molecular weight excluding hydrogens is 276 g/mol. The Balaban J connectivity index is 2.62. The van der Waals surface area contributed by atoms with Crippen LogP contribution in [0.5, 0.6) is 0 Å². The summed E-state index contributed by atoms with van der Waals surface area (Å²) in [6.07, 6.45) is 4.07. The fourth-order valence-corrected chi connectivity index (χ4v) is 2.71. The number of guanidine groups is 1. The molecule has 0 aliphatic carbocycles. The molecule has 1 aromatic rings. The molecule has 126 valence electrons. The van der Waals surface area contributed by atoms with Crippen LogP contribution in [-0.4, -0.2) is 44.1 Å². The van der Waals surface area contributed by atoms with Crippen molar-refractivity contribution in [2.45, 2.75) is 46.2 Å². The van der Waals surface area contributed by atoms with E-state index in [0.29, 0.717) is 18.5 Å². The highest BCUT2D eigenvalue weighted by molar-refractivity contribution is 5.79. The van der Waals surface area contributed by atoms with Crippen LogP contribution in [0, 0.1) is 5.92 Å². The molecule has 0 bridgehead atoms. The molecule has 2 N–H and O–H groups in total. The minimum absolute atomic E-state index is 0.502. The van der Waals surface area contributed by atoms with Crippen molar-refractivity contribution in [3.63, 3.8) is 0 Å². The van der Waals surface area contributed by atoms with Crippen molar-refractivity contribution in [2.75, 3.05) is 27.2 Å². The zero-order chi connectivity index (χ0) is 16.4. The van der Waals surface area contributed by atoms with E-state index in [2.05, 4.69) is 55.4 Å². The van der Waals surface area contributed by atoms with Crippen LogP contribution in [0.3, 0.4) is 0 Å². The Bertz CT molecular complexity index is 410. The van der Waals surface area contributed by atoms with Gasteiger partial charge in [-0.1, -0.05) is 26.7 Å². The van der Waals surface area contributed by atoms with Crippen LogP contribution in [0.1, 0.15) is 39.4 Å². The van der Waals surface area contributed by atoms with E-state index in [0.717, 1.165) is 24.8 Å². The van der Waals surface area contributed by atoms with Gasteiger partial charge in [0.2, 0.25) is 0 Å². The molecule has 1 unspecified atom stereocenters. The molecule has 0 saturated carbocycles. The van der Waals surface area contributed by atoms with Gasteiger partial charge >= 0.3 is 0 Å². The van der Waals surface area contributed by atoms with Gasteiger partial charge in [0.05, 0.1) is 6.26 Å². The Morgan fingerprint density at radius 1 is 1.23 bits per heavy atom. The SMILES string of the molecule is CCNC(=NCc1ccco1)NCC(C(CC)CC)N(C)C. The number of hydrogen-bond donors (Lipinski definition) is 2. The maximum absolute atomic E-state index is 5.33. The second-order valence-corrected chi connectivity index (χ2v) is 5.76. The van der Waals surface area contributed by atoms with Gasteiger partial charge in [-0.25, -0.2) is 4.99 Å². The van der Waals surface area contributed by atoms with E-state index in [-0.39, 0.29) is 0 Å². The van der Waals surface area contributed by atoms with Crippen LogP contribution in [0.4, 0.5) is 0 Å². The summed E-state index contributed by atoms with van der Waals surface area (Å²) in [4.78, 5) is 6.89. The smallest absolute Gasteiger partial charge is 0.191 e. The van der Waals surface area contributed by atoms with Gasteiger partial charge in [-0.3, -0.25) is 0 Å². The van der Waals surface area contributed by atoms with Crippen molar-refractivity contribution in [3.8, 4) is 0 Å². The molecule has 0 aromatic carbocycles. The third-order valence-corrected chi connectivity index (χ3v) is 4.05. The summed E-state index contributed by atoms with van der Waals surface area (Å²) < 4.78 is 5.33. The van der Waals surface area contributed by atoms with Gasteiger partial charge in [0, 0.05) is 19.1 Å². The molecule has 0 amide bonds. The van der Waals surface area contributed by atoms with Crippen molar-refractivity contribution in [1.29, 1.82) is 0 Å². The van der Waals surface area contributed by atoms with Gasteiger partial charge in [0.1, 0.15) is 12.3 Å². The van der Waals surface area contributed by atoms with Gasteiger partial charge in [-0.15, -0.1) is 0 Å². The molecule has 0 spiro atoms. The molecule has 1 atom stereocenters. The number of likely N-dealkylation sites (N-methyl/N-ethyl adjacent to an activating group) is 1. The topological polar surface area (TPSA) is 52.8 Å². The molecule has 0 radical (unpaired) electrons. The lowest BCUT2D eigenvalue weighted by molar-refractivity contribution is 0.200. The van der Waals surface area contributed by atoms with E-state index in [1.54, 1.807) is 6.26 Å². The Morgan fingerprint density at radius 2 is 1.95 bits per heavy atom. The highest BCUT2D eigenvalue weighted by Crippen LogP contribution is 2.16. The van der Waals surface area contributed by atoms with Crippen molar-refractivity contribution in [1.82, 2.24) is 15.5 Å². The van der Waals surface area contributed by atoms with Crippen LogP contribution in [0.2, 0.25) is 0 Å².